The molecule has 0 aromatic heterocycles. The molecule has 1 aliphatic heterocycles. The highest BCUT2D eigenvalue weighted by Gasteiger charge is 2.46. The van der Waals surface area contributed by atoms with E-state index in [0.717, 1.165) is 19.1 Å². The van der Waals surface area contributed by atoms with Crippen LogP contribution in [-0.2, 0) is 4.74 Å². The number of ether oxygens (including phenoxy) is 1. The van der Waals surface area contributed by atoms with Crippen molar-refractivity contribution in [3.05, 3.63) is 11.1 Å². The van der Waals surface area contributed by atoms with E-state index in [1.54, 1.807) is 11.1 Å². The van der Waals surface area contributed by atoms with Gasteiger partial charge in [-0.05, 0) is 48.9 Å². The molecule has 0 spiro atoms. The molecule has 0 radical (unpaired) electrons. The van der Waals surface area contributed by atoms with Crippen molar-refractivity contribution in [2.75, 3.05) is 13.2 Å². The van der Waals surface area contributed by atoms with E-state index < -0.39 is 0 Å². The van der Waals surface area contributed by atoms with E-state index in [2.05, 4.69) is 39.9 Å². The maximum atomic E-state index is 6.04. The highest BCUT2D eigenvalue weighted by atomic mass is 16.5. The Hall–Kier alpha value is -0.340. The van der Waals surface area contributed by atoms with Gasteiger partial charge in [0.05, 0.1) is 0 Å². The molecule has 1 fully saturated rings. The molecule has 0 amide bonds. The number of quaternary nitrogens is 1. The maximum absolute atomic E-state index is 6.04. The molecule has 0 saturated carbocycles. The van der Waals surface area contributed by atoms with Crippen molar-refractivity contribution in [2.45, 2.75) is 78.9 Å². The second-order valence-electron chi connectivity index (χ2n) is 9.24. The van der Waals surface area contributed by atoms with Crippen molar-refractivity contribution in [2.24, 2.45) is 16.7 Å². The van der Waals surface area contributed by atoms with Gasteiger partial charge in [-0.2, -0.15) is 0 Å². The average Bonchev–Trinajstić information content (AvgIpc) is 2.78. The third-order valence-electron chi connectivity index (χ3n) is 6.53. The van der Waals surface area contributed by atoms with Gasteiger partial charge in [0.15, 0.2) is 5.72 Å². The van der Waals surface area contributed by atoms with E-state index in [4.69, 9.17) is 4.74 Å². The van der Waals surface area contributed by atoms with Crippen molar-refractivity contribution in [1.29, 1.82) is 0 Å². The first-order chi connectivity index (χ1) is 9.72. The zero-order chi connectivity index (χ0) is 15.3. The third-order valence-corrected chi connectivity index (χ3v) is 6.53. The van der Waals surface area contributed by atoms with Gasteiger partial charge in [0.2, 0.25) is 0 Å². The molecular formula is C19H34NO+. The molecule has 2 heteroatoms. The minimum Gasteiger partial charge on any atom is -0.321 e. The van der Waals surface area contributed by atoms with Crippen LogP contribution in [0.5, 0.6) is 0 Å². The van der Waals surface area contributed by atoms with Crippen molar-refractivity contribution in [3.8, 4) is 0 Å². The van der Waals surface area contributed by atoms with E-state index in [-0.39, 0.29) is 5.72 Å². The molecule has 2 N–H and O–H groups in total. The Labute approximate surface area is 130 Å². The standard InChI is InChI=1S/C19H33NO/c1-17(2)8-6-7-14-11-15(18(3,4)13-16(14)17)12-19(5)20-9-10-21-19/h15,20H,6-13H2,1-5H3/p+1/t15-,19+/m1/s1. The number of allylic oxidation sites excluding steroid dienone is 2. The van der Waals surface area contributed by atoms with Crippen LogP contribution in [0.2, 0.25) is 0 Å². The minimum atomic E-state index is 0.0319. The summed E-state index contributed by atoms with van der Waals surface area (Å²) in [7, 11) is 0. The van der Waals surface area contributed by atoms with Crippen molar-refractivity contribution in [3.63, 3.8) is 0 Å². The Balaban J connectivity index is 1.82. The van der Waals surface area contributed by atoms with Gasteiger partial charge in [0, 0.05) is 13.3 Å². The van der Waals surface area contributed by atoms with Crippen LogP contribution in [0.1, 0.15) is 73.1 Å². The topological polar surface area (TPSA) is 25.8 Å². The minimum absolute atomic E-state index is 0.0319. The molecule has 0 bridgehead atoms. The van der Waals surface area contributed by atoms with Crippen LogP contribution in [0, 0.1) is 16.7 Å². The third kappa shape index (κ3) is 2.94. The predicted octanol–water partition coefficient (Wildman–Crippen LogP) is 3.63. The lowest BCUT2D eigenvalue weighted by Crippen LogP contribution is -2.93. The Morgan fingerprint density at radius 3 is 2.62 bits per heavy atom. The number of hydrogen-bond donors (Lipinski definition) is 1. The average molecular weight is 292 g/mol. The quantitative estimate of drug-likeness (QED) is 0.773. The lowest BCUT2D eigenvalue weighted by atomic mass is 9.57. The number of nitrogens with two attached hydrogens (primary N) is 1. The smallest absolute Gasteiger partial charge is 0.197 e. The Kier molecular flexibility index (Phi) is 3.77. The van der Waals surface area contributed by atoms with Crippen LogP contribution in [-0.4, -0.2) is 18.9 Å². The summed E-state index contributed by atoms with van der Waals surface area (Å²) in [5.74, 6) is 0.768. The maximum Gasteiger partial charge on any atom is 0.197 e. The van der Waals surface area contributed by atoms with Crippen molar-refractivity contribution < 1.29 is 10.1 Å². The summed E-state index contributed by atoms with van der Waals surface area (Å²) in [5, 5.41) is 2.41. The zero-order valence-electron chi connectivity index (χ0n) is 14.7. The molecule has 1 saturated heterocycles. The first-order valence-corrected chi connectivity index (χ1v) is 8.92. The fraction of sp³-hybridized carbons (Fsp3) is 0.895. The summed E-state index contributed by atoms with van der Waals surface area (Å²) in [5.41, 5.74) is 4.49. The lowest BCUT2D eigenvalue weighted by molar-refractivity contribution is -0.732. The second-order valence-corrected chi connectivity index (χ2v) is 9.24. The van der Waals surface area contributed by atoms with Gasteiger partial charge in [-0.1, -0.05) is 38.8 Å². The molecule has 2 atom stereocenters. The first kappa shape index (κ1) is 15.6. The molecule has 120 valence electrons. The van der Waals surface area contributed by atoms with Crippen LogP contribution >= 0.6 is 0 Å². The summed E-state index contributed by atoms with van der Waals surface area (Å²) in [6.45, 7) is 14.3. The summed E-state index contributed by atoms with van der Waals surface area (Å²) < 4.78 is 6.04. The monoisotopic (exact) mass is 292 g/mol. The van der Waals surface area contributed by atoms with E-state index in [9.17, 15) is 0 Å². The molecule has 0 unspecified atom stereocenters. The fourth-order valence-corrected chi connectivity index (χ4v) is 4.98. The van der Waals surface area contributed by atoms with Crippen LogP contribution in [0.3, 0.4) is 0 Å². The van der Waals surface area contributed by atoms with Gasteiger partial charge < -0.3 is 10.1 Å². The Morgan fingerprint density at radius 1 is 1.19 bits per heavy atom. The summed E-state index contributed by atoms with van der Waals surface area (Å²) in [6.07, 6.45) is 7.94. The first-order valence-electron chi connectivity index (χ1n) is 8.92. The Morgan fingerprint density at radius 2 is 1.95 bits per heavy atom. The lowest BCUT2D eigenvalue weighted by Gasteiger charge is -2.48. The molecule has 3 aliphatic rings. The van der Waals surface area contributed by atoms with Gasteiger partial charge in [-0.3, -0.25) is 0 Å². The largest absolute Gasteiger partial charge is 0.321 e. The molecule has 3 rings (SSSR count). The molecular weight excluding hydrogens is 258 g/mol. The molecule has 2 nitrogen and oxygen atoms in total. The van der Waals surface area contributed by atoms with Crippen LogP contribution in [0.4, 0.5) is 0 Å². The van der Waals surface area contributed by atoms with Crippen LogP contribution < -0.4 is 5.32 Å². The van der Waals surface area contributed by atoms with Crippen molar-refractivity contribution >= 4 is 0 Å². The van der Waals surface area contributed by atoms with Gasteiger partial charge in [-0.25, -0.2) is 0 Å². The SMILES string of the molecule is CC1(C)CCCC2=C1CC(C)(C)[C@@H](C[C@@]1(C)[NH2+]CCO1)C2. The van der Waals surface area contributed by atoms with E-state index in [0.29, 0.717) is 10.8 Å². The fourth-order valence-electron chi connectivity index (χ4n) is 4.98. The molecule has 2 aliphatic carbocycles. The van der Waals surface area contributed by atoms with Gasteiger partial charge in [0.25, 0.3) is 0 Å². The highest BCUT2D eigenvalue weighted by Crippen LogP contribution is 2.54. The Bertz CT molecular complexity index is 440. The second kappa shape index (κ2) is 5.09. The van der Waals surface area contributed by atoms with Crippen LogP contribution in [0.25, 0.3) is 0 Å². The summed E-state index contributed by atoms with van der Waals surface area (Å²) >= 11 is 0. The van der Waals surface area contributed by atoms with E-state index in [1.807, 2.05) is 0 Å². The zero-order valence-corrected chi connectivity index (χ0v) is 14.7. The summed E-state index contributed by atoms with van der Waals surface area (Å²) in [6, 6.07) is 0. The van der Waals surface area contributed by atoms with Gasteiger partial charge in [-0.15, -0.1) is 0 Å². The molecule has 21 heavy (non-hydrogen) atoms. The van der Waals surface area contributed by atoms with Gasteiger partial charge >= 0.3 is 0 Å². The van der Waals surface area contributed by atoms with E-state index >= 15 is 0 Å². The predicted molar refractivity (Wildman–Crippen MR) is 86.9 cm³/mol. The van der Waals surface area contributed by atoms with E-state index in [1.165, 1.54) is 38.5 Å². The van der Waals surface area contributed by atoms with Crippen molar-refractivity contribution in [1.82, 2.24) is 0 Å². The normalized spacial score (nSPS) is 38.4. The van der Waals surface area contributed by atoms with Crippen LogP contribution in [0.15, 0.2) is 11.1 Å². The number of hydrogen-bond acceptors (Lipinski definition) is 1. The highest BCUT2D eigenvalue weighted by molar-refractivity contribution is 5.29. The molecule has 0 aromatic carbocycles. The molecule has 0 aromatic rings. The number of rotatable bonds is 2. The summed E-state index contributed by atoms with van der Waals surface area (Å²) in [4.78, 5) is 0. The van der Waals surface area contributed by atoms with Gasteiger partial charge in [0.1, 0.15) is 13.2 Å². The molecule has 1 heterocycles.